The van der Waals surface area contributed by atoms with Crippen molar-refractivity contribution in [2.45, 2.75) is 38.6 Å². The van der Waals surface area contributed by atoms with Gasteiger partial charge in [-0.05, 0) is 25.3 Å². The van der Waals surface area contributed by atoms with Crippen LogP contribution in [0.15, 0.2) is 18.3 Å². The van der Waals surface area contributed by atoms with E-state index in [9.17, 15) is 0 Å². The Hall–Kier alpha value is -1.91. The van der Waals surface area contributed by atoms with E-state index in [0.717, 1.165) is 24.4 Å². The van der Waals surface area contributed by atoms with Crippen molar-refractivity contribution in [3.8, 4) is 11.5 Å². The maximum absolute atomic E-state index is 5.87. The van der Waals surface area contributed by atoms with Gasteiger partial charge in [0.2, 0.25) is 0 Å². The van der Waals surface area contributed by atoms with E-state index in [2.05, 4.69) is 22.0 Å². The van der Waals surface area contributed by atoms with Crippen LogP contribution in [-0.4, -0.2) is 19.7 Å². The van der Waals surface area contributed by atoms with Gasteiger partial charge in [-0.3, -0.25) is 4.68 Å². The van der Waals surface area contributed by atoms with Crippen LogP contribution in [0.3, 0.4) is 0 Å². The largest absolute Gasteiger partial charge is 0.384 e. The molecule has 2 N–H and O–H groups in total. The quantitative estimate of drug-likeness (QED) is 0.893. The number of hydrogen-bond acceptors (Lipinski definition) is 4. The molecule has 2 aromatic heterocycles. The molecular weight excluding hydrogens is 226 g/mol. The normalized spacial score (nSPS) is 14.9. The van der Waals surface area contributed by atoms with Gasteiger partial charge in [-0.25, -0.2) is 9.97 Å². The van der Waals surface area contributed by atoms with Gasteiger partial charge in [-0.1, -0.05) is 6.92 Å². The molecule has 0 amide bonds. The Kier molecular flexibility index (Phi) is 2.74. The maximum Gasteiger partial charge on any atom is 0.180 e. The molecular formula is C13H17N5. The first kappa shape index (κ1) is 11.2. The van der Waals surface area contributed by atoms with Crippen LogP contribution in [0.5, 0.6) is 0 Å². The number of aromatic nitrogens is 4. The lowest BCUT2D eigenvalue weighted by Gasteiger charge is -2.07. The highest BCUT2D eigenvalue weighted by Crippen LogP contribution is 2.39. The fraction of sp³-hybridized carbons (Fsp3) is 0.462. The number of rotatable bonds is 4. The third-order valence-electron chi connectivity index (χ3n) is 3.14. The highest BCUT2D eigenvalue weighted by molar-refractivity contribution is 5.52. The molecule has 18 heavy (non-hydrogen) atoms. The van der Waals surface area contributed by atoms with Crippen LogP contribution in [0.4, 0.5) is 5.82 Å². The van der Waals surface area contributed by atoms with Crippen molar-refractivity contribution in [3.05, 3.63) is 24.0 Å². The standard InChI is InChI=1S/C13H17N5/c1-2-7-18-11(5-6-15-18)13-16-10(9-3-4-9)8-12(14)17-13/h5-6,8-9H,2-4,7H2,1H3,(H2,14,16,17). The Labute approximate surface area is 106 Å². The highest BCUT2D eigenvalue weighted by atomic mass is 15.3. The number of hydrogen-bond donors (Lipinski definition) is 1. The summed E-state index contributed by atoms with van der Waals surface area (Å²) in [4.78, 5) is 8.96. The summed E-state index contributed by atoms with van der Waals surface area (Å²) in [5.41, 5.74) is 7.90. The molecule has 0 aromatic carbocycles. The van der Waals surface area contributed by atoms with Crippen molar-refractivity contribution in [2.75, 3.05) is 5.73 Å². The van der Waals surface area contributed by atoms with Gasteiger partial charge in [0.1, 0.15) is 11.5 Å². The average molecular weight is 243 g/mol. The van der Waals surface area contributed by atoms with Crippen molar-refractivity contribution < 1.29 is 0 Å². The van der Waals surface area contributed by atoms with Crippen molar-refractivity contribution >= 4 is 5.82 Å². The molecule has 0 aliphatic heterocycles. The highest BCUT2D eigenvalue weighted by Gasteiger charge is 2.26. The van der Waals surface area contributed by atoms with Crippen molar-refractivity contribution in [1.29, 1.82) is 0 Å². The molecule has 0 atom stereocenters. The predicted octanol–water partition coefficient (Wildman–Crippen LogP) is 2.21. The minimum Gasteiger partial charge on any atom is -0.384 e. The van der Waals surface area contributed by atoms with Gasteiger partial charge in [0.15, 0.2) is 5.82 Å². The second kappa shape index (κ2) is 4.40. The molecule has 3 rings (SSSR count). The number of nitrogen functional groups attached to an aromatic ring is 1. The van der Waals surface area contributed by atoms with Crippen molar-refractivity contribution in [1.82, 2.24) is 19.7 Å². The molecule has 94 valence electrons. The van der Waals surface area contributed by atoms with E-state index in [1.807, 2.05) is 16.8 Å². The molecule has 0 saturated heterocycles. The zero-order chi connectivity index (χ0) is 12.5. The molecule has 2 heterocycles. The van der Waals surface area contributed by atoms with E-state index in [4.69, 9.17) is 5.73 Å². The third kappa shape index (κ3) is 2.08. The molecule has 0 radical (unpaired) electrons. The van der Waals surface area contributed by atoms with Gasteiger partial charge in [0.25, 0.3) is 0 Å². The fourth-order valence-corrected chi connectivity index (χ4v) is 2.10. The summed E-state index contributed by atoms with van der Waals surface area (Å²) in [6.07, 6.45) is 5.25. The van der Waals surface area contributed by atoms with Gasteiger partial charge in [0, 0.05) is 30.4 Å². The summed E-state index contributed by atoms with van der Waals surface area (Å²) in [7, 11) is 0. The minimum absolute atomic E-state index is 0.547. The van der Waals surface area contributed by atoms with E-state index in [-0.39, 0.29) is 0 Å². The molecule has 1 saturated carbocycles. The SMILES string of the molecule is CCCn1nccc1-c1nc(N)cc(C2CC2)n1. The topological polar surface area (TPSA) is 69.6 Å². The van der Waals surface area contributed by atoms with E-state index >= 15 is 0 Å². The first-order chi connectivity index (χ1) is 8.78. The Morgan fingerprint density at radius 1 is 1.39 bits per heavy atom. The van der Waals surface area contributed by atoms with Gasteiger partial charge in [-0.2, -0.15) is 5.10 Å². The number of aryl methyl sites for hydroxylation is 1. The van der Waals surface area contributed by atoms with Crippen molar-refractivity contribution in [2.24, 2.45) is 0 Å². The van der Waals surface area contributed by atoms with Gasteiger partial charge in [-0.15, -0.1) is 0 Å². The van der Waals surface area contributed by atoms with E-state index in [0.29, 0.717) is 17.6 Å². The molecule has 5 heteroatoms. The summed E-state index contributed by atoms with van der Waals surface area (Å²) in [6.45, 7) is 3.00. The minimum atomic E-state index is 0.547. The fourth-order valence-electron chi connectivity index (χ4n) is 2.10. The lowest BCUT2D eigenvalue weighted by atomic mass is 10.2. The smallest absolute Gasteiger partial charge is 0.180 e. The first-order valence-electron chi connectivity index (χ1n) is 6.44. The zero-order valence-electron chi connectivity index (χ0n) is 10.5. The Morgan fingerprint density at radius 2 is 2.22 bits per heavy atom. The summed E-state index contributed by atoms with van der Waals surface area (Å²) in [5, 5.41) is 4.30. The number of nitrogens with two attached hydrogens (primary N) is 1. The molecule has 2 aromatic rings. The van der Waals surface area contributed by atoms with Crippen LogP contribution < -0.4 is 5.73 Å². The molecule has 1 aliphatic rings. The Bertz CT molecular complexity index is 556. The predicted molar refractivity (Wildman–Crippen MR) is 69.9 cm³/mol. The zero-order valence-corrected chi connectivity index (χ0v) is 10.5. The lowest BCUT2D eigenvalue weighted by Crippen LogP contribution is -2.05. The van der Waals surface area contributed by atoms with E-state index in [1.54, 1.807) is 6.20 Å². The Morgan fingerprint density at radius 3 is 2.94 bits per heavy atom. The summed E-state index contributed by atoms with van der Waals surface area (Å²) in [5.74, 6) is 1.82. The van der Waals surface area contributed by atoms with Crippen LogP contribution >= 0.6 is 0 Å². The van der Waals surface area contributed by atoms with Crippen LogP contribution in [0, 0.1) is 0 Å². The second-order valence-electron chi connectivity index (χ2n) is 4.76. The van der Waals surface area contributed by atoms with Crippen LogP contribution in [0.2, 0.25) is 0 Å². The molecule has 0 bridgehead atoms. The van der Waals surface area contributed by atoms with Crippen LogP contribution in [-0.2, 0) is 6.54 Å². The molecule has 0 unspecified atom stereocenters. The van der Waals surface area contributed by atoms with Crippen LogP contribution in [0.1, 0.15) is 37.8 Å². The summed E-state index contributed by atoms with van der Waals surface area (Å²) < 4.78 is 1.94. The summed E-state index contributed by atoms with van der Waals surface area (Å²) >= 11 is 0. The molecule has 5 nitrogen and oxygen atoms in total. The van der Waals surface area contributed by atoms with Crippen molar-refractivity contribution in [3.63, 3.8) is 0 Å². The van der Waals surface area contributed by atoms with Crippen LogP contribution in [0.25, 0.3) is 11.5 Å². The second-order valence-corrected chi connectivity index (χ2v) is 4.76. The lowest BCUT2D eigenvalue weighted by molar-refractivity contribution is 0.606. The number of nitrogens with zero attached hydrogens (tertiary/aromatic N) is 4. The molecule has 0 spiro atoms. The summed E-state index contributed by atoms with van der Waals surface area (Å²) in [6, 6.07) is 3.84. The molecule has 1 fully saturated rings. The Balaban J connectivity index is 2.01. The average Bonchev–Trinajstić information content (AvgIpc) is 3.10. The third-order valence-corrected chi connectivity index (χ3v) is 3.14. The van der Waals surface area contributed by atoms with E-state index in [1.165, 1.54) is 12.8 Å². The monoisotopic (exact) mass is 243 g/mol. The maximum atomic E-state index is 5.87. The van der Waals surface area contributed by atoms with Gasteiger partial charge in [0.05, 0.1) is 0 Å². The first-order valence-corrected chi connectivity index (χ1v) is 6.44. The van der Waals surface area contributed by atoms with Gasteiger partial charge >= 0.3 is 0 Å². The van der Waals surface area contributed by atoms with E-state index < -0.39 is 0 Å². The number of anilines is 1. The van der Waals surface area contributed by atoms with Gasteiger partial charge < -0.3 is 5.73 Å². The molecule has 1 aliphatic carbocycles.